The zero-order chi connectivity index (χ0) is 29.7. The predicted octanol–water partition coefficient (Wildman–Crippen LogP) is 1.90. The number of likely N-dealkylation sites (N-methyl/N-ethyl adjacent to an activating group) is 1. The number of amides is 2. The number of esters is 1. The van der Waals surface area contributed by atoms with E-state index in [1.165, 1.54) is 33.7 Å². The SMILES string of the molecule is CNC(=O)C1CN(S(=O)(=O)c2cc3cc(Cl)ccc3[nH]2)CCN1C(=O)c1nc2c(s1)CNC(C(=O)OC(C)(C)C)C2. The lowest BCUT2D eigenvalue weighted by Crippen LogP contribution is -2.61. The van der Waals surface area contributed by atoms with Gasteiger partial charge in [0.25, 0.3) is 15.9 Å². The number of fused-ring (bicyclic) bond motifs is 2. The van der Waals surface area contributed by atoms with Crippen molar-refractivity contribution in [2.75, 3.05) is 26.7 Å². The third kappa shape index (κ3) is 5.97. The summed E-state index contributed by atoms with van der Waals surface area (Å²) in [5, 5.41) is 6.96. The minimum absolute atomic E-state index is 0.00869. The lowest BCUT2D eigenvalue weighted by atomic mass is 10.1. The van der Waals surface area contributed by atoms with Gasteiger partial charge in [0.05, 0.1) is 5.69 Å². The minimum Gasteiger partial charge on any atom is -0.459 e. The number of aromatic amines is 1. The summed E-state index contributed by atoms with van der Waals surface area (Å²) in [7, 11) is -2.57. The summed E-state index contributed by atoms with van der Waals surface area (Å²) in [4.78, 5) is 48.7. The number of rotatable bonds is 5. The second-order valence-electron chi connectivity index (χ2n) is 10.9. The van der Waals surface area contributed by atoms with Gasteiger partial charge in [0.2, 0.25) is 5.91 Å². The number of halogens is 1. The summed E-state index contributed by atoms with van der Waals surface area (Å²) in [5.74, 6) is -1.35. The molecule has 0 bridgehead atoms. The number of hydrogen-bond acceptors (Lipinski definition) is 9. The van der Waals surface area contributed by atoms with E-state index in [2.05, 4.69) is 20.6 Å². The van der Waals surface area contributed by atoms with Gasteiger partial charge >= 0.3 is 5.97 Å². The Kier molecular flexibility index (Phi) is 7.89. The van der Waals surface area contributed by atoms with Crippen molar-refractivity contribution in [3.8, 4) is 0 Å². The fourth-order valence-electron chi connectivity index (χ4n) is 4.88. The molecule has 0 radical (unpaired) electrons. The van der Waals surface area contributed by atoms with Gasteiger partial charge in [0.15, 0.2) is 5.01 Å². The van der Waals surface area contributed by atoms with Gasteiger partial charge in [0, 0.05) is 60.5 Å². The molecular formula is C26H31ClN6O6S2. The smallest absolute Gasteiger partial charge is 0.324 e. The van der Waals surface area contributed by atoms with Crippen molar-refractivity contribution in [3.63, 3.8) is 0 Å². The molecule has 1 aromatic carbocycles. The first kappa shape index (κ1) is 29.5. The fraction of sp³-hybridized carbons (Fsp3) is 0.462. The van der Waals surface area contributed by atoms with Crippen LogP contribution in [0.1, 0.15) is 41.1 Å². The van der Waals surface area contributed by atoms with Crippen LogP contribution in [0.4, 0.5) is 0 Å². The fourth-order valence-corrected chi connectivity index (χ4v) is 7.51. The maximum absolute atomic E-state index is 13.6. The molecule has 15 heteroatoms. The van der Waals surface area contributed by atoms with Crippen molar-refractivity contribution in [2.45, 2.75) is 56.4 Å². The number of ether oxygens (including phenoxy) is 1. The van der Waals surface area contributed by atoms with E-state index in [9.17, 15) is 22.8 Å². The number of piperazine rings is 1. The molecule has 5 rings (SSSR count). The first-order valence-electron chi connectivity index (χ1n) is 13.0. The van der Waals surface area contributed by atoms with Gasteiger partial charge < -0.3 is 19.9 Å². The van der Waals surface area contributed by atoms with Gasteiger partial charge in [-0.25, -0.2) is 13.4 Å². The van der Waals surface area contributed by atoms with Crippen molar-refractivity contribution < 1.29 is 27.5 Å². The molecular weight excluding hydrogens is 592 g/mol. The van der Waals surface area contributed by atoms with Crippen LogP contribution in [-0.4, -0.2) is 89.7 Å². The number of nitrogens with zero attached hydrogens (tertiary/aromatic N) is 3. The van der Waals surface area contributed by atoms with Crippen LogP contribution in [0, 0.1) is 0 Å². The Morgan fingerprint density at radius 3 is 2.66 bits per heavy atom. The van der Waals surface area contributed by atoms with E-state index in [-0.39, 0.29) is 42.1 Å². The molecule has 2 aliphatic heterocycles. The molecule has 0 spiro atoms. The Morgan fingerprint density at radius 1 is 1.20 bits per heavy atom. The molecule has 2 atom stereocenters. The van der Waals surface area contributed by atoms with Gasteiger partial charge in [0.1, 0.15) is 22.7 Å². The van der Waals surface area contributed by atoms with Crippen LogP contribution in [-0.2, 0) is 37.3 Å². The third-order valence-corrected chi connectivity index (χ3v) is 10.00. The van der Waals surface area contributed by atoms with E-state index in [0.29, 0.717) is 28.2 Å². The van der Waals surface area contributed by atoms with Crippen molar-refractivity contribution >= 4 is 61.6 Å². The maximum Gasteiger partial charge on any atom is 0.324 e. The number of sulfonamides is 1. The average molecular weight is 623 g/mol. The third-order valence-electron chi connectivity index (χ3n) is 6.89. The van der Waals surface area contributed by atoms with Crippen molar-refractivity contribution in [1.82, 2.24) is 29.8 Å². The molecule has 12 nitrogen and oxygen atoms in total. The number of nitrogens with one attached hydrogen (secondary N) is 3. The highest BCUT2D eigenvalue weighted by molar-refractivity contribution is 7.89. The lowest BCUT2D eigenvalue weighted by molar-refractivity contribution is -0.157. The first-order chi connectivity index (χ1) is 19.3. The number of benzene rings is 1. The van der Waals surface area contributed by atoms with Crippen LogP contribution < -0.4 is 10.6 Å². The molecule has 1 fully saturated rings. The number of carbonyl (C=O) groups excluding carboxylic acids is 3. The van der Waals surface area contributed by atoms with Gasteiger partial charge in [-0.05, 0) is 45.0 Å². The summed E-state index contributed by atoms with van der Waals surface area (Å²) >= 11 is 7.25. The highest BCUT2D eigenvalue weighted by Gasteiger charge is 2.41. The highest BCUT2D eigenvalue weighted by Crippen LogP contribution is 2.29. The molecule has 3 aromatic rings. The van der Waals surface area contributed by atoms with Crippen LogP contribution >= 0.6 is 22.9 Å². The number of aromatic nitrogens is 2. The summed E-state index contributed by atoms with van der Waals surface area (Å²) in [5.41, 5.74) is 0.611. The topological polar surface area (TPSA) is 154 Å². The molecule has 4 heterocycles. The largest absolute Gasteiger partial charge is 0.459 e. The van der Waals surface area contributed by atoms with Crippen LogP contribution in [0.5, 0.6) is 0 Å². The summed E-state index contributed by atoms with van der Waals surface area (Å²) < 4.78 is 33.7. The quantitative estimate of drug-likeness (QED) is 0.365. The van der Waals surface area contributed by atoms with Crippen LogP contribution in [0.25, 0.3) is 10.9 Å². The number of hydrogen-bond donors (Lipinski definition) is 3. The predicted molar refractivity (Wildman–Crippen MR) is 153 cm³/mol. The van der Waals surface area contributed by atoms with E-state index in [0.717, 1.165) is 4.88 Å². The number of H-pyrrole nitrogens is 1. The van der Waals surface area contributed by atoms with Crippen LogP contribution in [0.15, 0.2) is 29.3 Å². The van der Waals surface area contributed by atoms with Crippen molar-refractivity contribution in [2.24, 2.45) is 0 Å². The van der Waals surface area contributed by atoms with Gasteiger partial charge in [-0.3, -0.25) is 19.7 Å². The Bertz CT molecular complexity index is 1630. The molecule has 2 amide bonds. The average Bonchev–Trinajstić information content (AvgIpc) is 3.55. The maximum atomic E-state index is 13.6. The molecule has 2 aromatic heterocycles. The molecule has 2 unspecified atom stereocenters. The molecule has 41 heavy (non-hydrogen) atoms. The molecule has 3 N–H and O–H groups in total. The second-order valence-corrected chi connectivity index (χ2v) is 14.3. The van der Waals surface area contributed by atoms with E-state index >= 15 is 0 Å². The van der Waals surface area contributed by atoms with Gasteiger partial charge in [-0.2, -0.15) is 4.31 Å². The summed E-state index contributed by atoms with van der Waals surface area (Å²) in [6.07, 6.45) is 0.272. The van der Waals surface area contributed by atoms with E-state index in [1.54, 1.807) is 39.0 Å². The van der Waals surface area contributed by atoms with Crippen molar-refractivity contribution in [1.29, 1.82) is 0 Å². The van der Waals surface area contributed by atoms with E-state index in [1.807, 2.05) is 0 Å². The highest BCUT2D eigenvalue weighted by atomic mass is 35.5. The summed E-state index contributed by atoms with van der Waals surface area (Å²) in [6.45, 7) is 5.49. The first-order valence-corrected chi connectivity index (χ1v) is 15.7. The normalized spacial score (nSPS) is 20.1. The zero-order valence-electron chi connectivity index (χ0n) is 23.0. The molecule has 1 saturated heterocycles. The Balaban J connectivity index is 1.34. The molecule has 0 saturated carbocycles. The second kappa shape index (κ2) is 11.0. The van der Waals surface area contributed by atoms with Crippen molar-refractivity contribution in [3.05, 3.63) is 44.9 Å². The monoisotopic (exact) mass is 622 g/mol. The molecule has 0 aliphatic carbocycles. The van der Waals surface area contributed by atoms with Gasteiger partial charge in [-0.1, -0.05) is 11.6 Å². The zero-order valence-corrected chi connectivity index (χ0v) is 25.4. The number of thiazole rings is 1. The summed E-state index contributed by atoms with van der Waals surface area (Å²) in [6, 6.07) is 4.87. The number of carbonyl (C=O) groups is 3. The molecule has 2 aliphatic rings. The standard InChI is InChI=1S/C26H31ClN6O6S2/c1-26(2,3)39-25(36)18-11-17-20(12-29-18)40-23(31-17)24(35)33-8-7-32(13-19(33)22(34)28-4)41(37,38)21-10-14-9-15(27)5-6-16(14)30-21/h5-6,9-10,18-19,29-30H,7-8,11-13H2,1-4H3,(H,28,34). The lowest BCUT2D eigenvalue weighted by Gasteiger charge is -2.39. The Labute approximate surface area is 246 Å². The Hall–Kier alpha value is -3.04. The Morgan fingerprint density at radius 2 is 1.95 bits per heavy atom. The van der Waals surface area contributed by atoms with E-state index in [4.69, 9.17) is 16.3 Å². The van der Waals surface area contributed by atoms with Crippen LogP contribution in [0.3, 0.4) is 0 Å². The van der Waals surface area contributed by atoms with Gasteiger partial charge in [-0.15, -0.1) is 11.3 Å². The van der Waals surface area contributed by atoms with E-state index < -0.39 is 39.5 Å². The molecule has 220 valence electrons. The minimum atomic E-state index is -4.00. The van der Waals surface area contributed by atoms with Crippen LogP contribution in [0.2, 0.25) is 5.02 Å².